The third kappa shape index (κ3) is 4.53. The molecular weight excluding hydrogens is 581 g/mol. The Kier molecular flexibility index (Phi) is 6.52. The predicted octanol–water partition coefficient (Wildman–Crippen LogP) is 12.8. The maximum Gasteiger partial charge on any atom is 0.136 e. The second kappa shape index (κ2) is 11.0. The normalized spacial score (nSPS) is 13.7. The maximum absolute atomic E-state index is 6.36. The van der Waals surface area contributed by atoms with Gasteiger partial charge in [-0.3, -0.25) is 0 Å². The van der Waals surface area contributed by atoms with E-state index in [-0.39, 0.29) is 5.41 Å². The van der Waals surface area contributed by atoms with E-state index in [1.54, 1.807) is 0 Å². The molecule has 7 aromatic carbocycles. The zero-order valence-corrected chi connectivity index (χ0v) is 27.5. The minimum Gasteiger partial charge on any atom is -0.456 e. The van der Waals surface area contributed by atoms with Gasteiger partial charge in [-0.1, -0.05) is 153 Å². The van der Waals surface area contributed by atoms with Crippen LogP contribution in [-0.2, 0) is 11.8 Å². The van der Waals surface area contributed by atoms with Gasteiger partial charge in [-0.2, -0.15) is 0 Å². The van der Waals surface area contributed by atoms with Crippen molar-refractivity contribution in [2.24, 2.45) is 0 Å². The van der Waals surface area contributed by atoms with Gasteiger partial charge in [0.15, 0.2) is 0 Å². The van der Waals surface area contributed by atoms with Crippen LogP contribution in [-0.4, -0.2) is 0 Å². The molecule has 230 valence electrons. The summed E-state index contributed by atoms with van der Waals surface area (Å²) in [5.74, 6) is 0. The van der Waals surface area contributed by atoms with Crippen LogP contribution in [0.2, 0.25) is 0 Å². The minimum atomic E-state index is -0.103. The fourth-order valence-corrected chi connectivity index (χ4v) is 8.05. The van der Waals surface area contributed by atoms with Crippen molar-refractivity contribution in [2.75, 3.05) is 0 Å². The number of allylic oxidation sites excluding steroid dienone is 1. The predicted molar refractivity (Wildman–Crippen MR) is 203 cm³/mol. The molecule has 1 aliphatic carbocycles. The third-order valence-corrected chi connectivity index (χ3v) is 10.4. The van der Waals surface area contributed by atoms with Gasteiger partial charge in [0.25, 0.3) is 0 Å². The lowest BCUT2D eigenvalue weighted by atomic mass is 9.80. The second-order valence-corrected chi connectivity index (χ2v) is 13.8. The quantitative estimate of drug-likeness (QED) is 0.175. The van der Waals surface area contributed by atoms with Gasteiger partial charge >= 0.3 is 0 Å². The number of fused-ring (bicyclic) bond motifs is 8. The summed E-state index contributed by atoms with van der Waals surface area (Å²) >= 11 is 0. The minimum absolute atomic E-state index is 0.103. The Morgan fingerprint density at radius 2 is 1.31 bits per heavy atom. The van der Waals surface area contributed by atoms with E-state index < -0.39 is 0 Å². The Balaban J connectivity index is 1.23. The number of furan rings is 1. The summed E-state index contributed by atoms with van der Waals surface area (Å²) in [4.78, 5) is 0. The van der Waals surface area contributed by atoms with E-state index in [1.807, 2.05) is 6.07 Å². The first-order valence-corrected chi connectivity index (χ1v) is 16.9. The van der Waals surface area contributed by atoms with E-state index in [4.69, 9.17) is 4.42 Å². The molecule has 8 aromatic rings. The topological polar surface area (TPSA) is 13.1 Å². The SMILES string of the molecule is Cc1cc2c(c3ccccc13)-c1ccc(/C=C(/Cc3cccc(-c4ccccc4)c3)c3cccc4oc5ccccc5c34)cc1C2(C)C. The van der Waals surface area contributed by atoms with Crippen LogP contribution >= 0.6 is 0 Å². The van der Waals surface area contributed by atoms with Crippen LogP contribution in [0.15, 0.2) is 150 Å². The van der Waals surface area contributed by atoms with Crippen molar-refractivity contribution < 1.29 is 4.42 Å². The van der Waals surface area contributed by atoms with E-state index in [0.29, 0.717) is 0 Å². The lowest BCUT2D eigenvalue weighted by Crippen LogP contribution is -2.15. The molecule has 0 atom stereocenters. The Labute approximate surface area is 281 Å². The second-order valence-electron chi connectivity index (χ2n) is 13.8. The standard InChI is InChI=1S/C47H36O/c1-30-25-42-45(38-18-8-7-17-36(30)38)39-24-23-32(29-41(39)47(42,2)3)28-35(27-31-13-11-16-34(26-31)33-14-5-4-6-15-33)37-20-12-22-44-46(37)40-19-9-10-21-43(40)48-44/h4-26,28-29H,27H2,1-3H3/b35-28-. The van der Waals surface area contributed by atoms with Crippen LogP contribution in [0.3, 0.4) is 0 Å². The molecule has 0 bridgehead atoms. The molecule has 48 heavy (non-hydrogen) atoms. The fraction of sp³-hybridized carbons (Fsp3) is 0.106. The van der Waals surface area contributed by atoms with Gasteiger partial charge in [-0.25, -0.2) is 0 Å². The highest BCUT2D eigenvalue weighted by Gasteiger charge is 2.37. The highest BCUT2D eigenvalue weighted by molar-refractivity contribution is 6.11. The lowest BCUT2D eigenvalue weighted by molar-refractivity contribution is 0.660. The molecular formula is C47H36O. The first-order valence-electron chi connectivity index (χ1n) is 16.9. The third-order valence-electron chi connectivity index (χ3n) is 10.4. The van der Waals surface area contributed by atoms with Crippen LogP contribution in [0.5, 0.6) is 0 Å². The van der Waals surface area contributed by atoms with Crippen molar-refractivity contribution in [3.8, 4) is 22.3 Å². The van der Waals surface area contributed by atoms with Crippen molar-refractivity contribution in [2.45, 2.75) is 32.6 Å². The first kappa shape index (κ1) is 28.6. The summed E-state index contributed by atoms with van der Waals surface area (Å²) in [6.07, 6.45) is 3.21. The van der Waals surface area contributed by atoms with Crippen LogP contribution < -0.4 is 0 Å². The van der Waals surface area contributed by atoms with Gasteiger partial charge in [0.1, 0.15) is 11.2 Å². The molecule has 0 saturated heterocycles. The Hall–Kier alpha value is -5.66. The average molecular weight is 617 g/mol. The zero-order chi connectivity index (χ0) is 32.4. The van der Waals surface area contributed by atoms with Crippen molar-refractivity contribution in [1.82, 2.24) is 0 Å². The van der Waals surface area contributed by atoms with E-state index in [0.717, 1.165) is 23.0 Å². The number of benzene rings is 7. The molecule has 0 unspecified atom stereocenters. The average Bonchev–Trinajstić information content (AvgIpc) is 3.61. The molecule has 0 fully saturated rings. The van der Waals surface area contributed by atoms with Gasteiger partial charge < -0.3 is 4.42 Å². The number of para-hydroxylation sites is 1. The van der Waals surface area contributed by atoms with E-state index in [2.05, 4.69) is 166 Å². The molecule has 1 aliphatic rings. The summed E-state index contributed by atoms with van der Waals surface area (Å²) in [5, 5.41) is 5.01. The lowest BCUT2D eigenvalue weighted by Gasteiger charge is -2.23. The summed E-state index contributed by atoms with van der Waals surface area (Å²) in [5.41, 5.74) is 16.1. The number of hydrogen-bond donors (Lipinski definition) is 0. The fourth-order valence-electron chi connectivity index (χ4n) is 8.05. The van der Waals surface area contributed by atoms with Crippen LogP contribution in [0.25, 0.3) is 66.6 Å². The first-order chi connectivity index (χ1) is 23.5. The number of hydrogen-bond acceptors (Lipinski definition) is 1. The molecule has 1 heterocycles. The zero-order valence-electron chi connectivity index (χ0n) is 27.5. The van der Waals surface area contributed by atoms with Gasteiger partial charge in [0.05, 0.1) is 0 Å². The molecule has 0 radical (unpaired) electrons. The molecule has 9 rings (SSSR count). The summed E-state index contributed by atoms with van der Waals surface area (Å²) in [6, 6.07) is 52.9. The van der Waals surface area contributed by atoms with Crippen LogP contribution in [0.1, 0.15) is 47.2 Å². The summed E-state index contributed by atoms with van der Waals surface area (Å²) < 4.78 is 6.36. The van der Waals surface area contributed by atoms with Gasteiger partial charge in [0, 0.05) is 16.2 Å². The summed E-state index contributed by atoms with van der Waals surface area (Å²) in [7, 11) is 0. The van der Waals surface area contributed by atoms with E-state index in [9.17, 15) is 0 Å². The largest absolute Gasteiger partial charge is 0.456 e. The molecule has 0 saturated carbocycles. The van der Waals surface area contributed by atoms with Gasteiger partial charge in [-0.05, 0) is 97.5 Å². The Morgan fingerprint density at radius 3 is 2.17 bits per heavy atom. The number of aryl methyl sites for hydroxylation is 1. The van der Waals surface area contributed by atoms with E-state index >= 15 is 0 Å². The highest BCUT2D eigenvalue weighted by atomic mass is 16.3. The van der Waals surface area contributed by atoms with Crippen molar-refractivity contribution in [3.05, 3.63) is 179 Å². The smallest absolute Gasteiger partial charge is 0.136 e. The Bertz CT molecular complexity index is 2560. The molecule has 1 heteroatoms. The molecule has 1 aromatic heterocycles. The molecule has 0 aliphatic heterocycles. The molecule has 0 spiro atoms. The van der Waals surface area contributed by atoms with Gasteiger partial charge in [-0.15, -0.1) is 0 Å². The van der Waals surface area contributed by atoms with Crippen LogP contribution in [0, 0.1) is 6.92 Å². The van der Waals surface area contributed by atoms with Crippen molar-refractivity contribution in [1.29, 1.82) is 0 Å². The molecule has 1 nitrogen and oxygen atoms in total. The van der Waals surface area contributed by atoms with Gasteiger partial charge in [0.2, 0.25) is 0 Å². The summed E-state index contributed by atoms with van der Waals surface area (Å²) in [6.45, 7) is 7.01. The molecule has 0 amide bonds. The monoisotopic (exact) mass is 616 g/mol. The maximum atomic E-state index is 6.36. The Morgan fingerprint density at radius 1 is 0.604 bits per heavy atom. The van der Waals surface area contributed by atoms with Crippen molar-refractivity contribution in [3.63, 3.8) is 0 Å². The van der Waals surface area contributed by atoms with Crippen LogP contribution in [0.4, 0.5) is 0 Å². The highest BCUT2D eigenvalue weighted by Crippen LogP contribution is 2.52. The molecule has 0 N–H and O–H groups in total. The van der Waals surface area contributed by atoms with E-state index in [1.165, 1.54) is 77.4 Å². The van der Waals surface area contributed by atoms with Crippen molar-refractivity contribution >= 4 is 44.4 Å². The number of rotatable bonds is 5.